The van der Waals surface area contributed by atoms with Crippen LogP contribution >= 0.6 is 0 Å². The van der Waals surface area contributed by atoms with Crippen LogP contribution in [0.2, 0.25) is 0 Å². The quantitative estimate of drug-likeness (QED) is 0.795. The van der Waals surface area contributed by atoms with Crippen molar-refractivity contribution in [1.82, 2.24) is 4.98 Å². The number of pyridine rings is 1. The molecule has 1 saturated heterocycles. The molecule has 1 aromatic carbocycles. The van der Waals surface area contributed by atoms with Crippen molar-refractivity contribution in [2.45, 2.75) is 18.9 Å². The summed E-state index contributed by atoms with van der Waals surface area (Å²) in [4.78, 5) is 4.13. The lowest BCUT2D eigenvalue weighted by atomic mass is 10.00. The SMILES string of the molecule is CC1(Nc2ccc(N)c3cnccc23)CCOC1. The van der Waals surface area contributed by atoms with Crippen molar-refractivity contribution >= 4 is 22.1 Å². The highest BCUT2D eigenvalue weighted by atomic mass is 16.5. The second-order valence-electron chi connectivity index (χ2n) is 5.11. The lowest BCUT2D eigenvalue weighted by Crippen LogP contribution is -2.34. The van der Waals surface area contributed by atoms with Crippen LogP contribution in [0, 0.1) is 0 Å². The smallest absolute Gasteiger partial charge is 0.0694 e. The molecule has 1 atom stereocenters. The Kier molecular flexibility index (Phi) is 2.59. The Bertz CT molecular complexity index is 576. The molecule has 4 heteroatoms. The molecule has 0 bridgehead atoms. The van der Waals surface area contributed by atoms with E-state index >= 15 is 0 Å². The second kappa shape index (κ2) is 4.14. The minimum atomic E-state index is 0.00627. The second-order valence-corrected chi connectivity index (χ2v) is 5.11. The maximum atomic E-state index is 5.97. The summed E-state index contributed by atoms with van der Waals surface area (Å²) in [5.74, 6) is 0. The van der Waals surface area contributed by atoms with E-state index in [4.69, 9.17) is 10.5 Å². The average Bonchev–Trinajstić information content (AvgIpc) is 2.80. The largest absolute Gasteiger partial charge is 0.398 e. The summed E-state index contributed by atoms with van der Waals surface area (Å²) in [5, 5.41) is 5.68. The number of benzene rings is 1. The predicted octanol–water partition coefficient (Wildman–Crippen LogP) is 2.41. The monoisotopic (exact) mass is 243 g/mol. The van der Waals surface area contributed by atoms with Gasteiger partial charge >= 0.3 is 0 Å². The fourth-order valence-corrected chi connectivity index (χ4v) is 2.41. The topological polar surface area (TPSA) is 60.2 Å². The van der Waals surface area contributed by atoms with Gasteiger partial charge in [0.05, 0.1) is 12.1 Å². The molecule has 0 amide bonds. The molecule has 1 fully saturated rings. The van der Waals surface area contributed by atoms with E-state index in [9.17, 15) is 0 Å². The van der Waals surface area contributed by atoms with E-state index < -0.39 is 0 Å². The van der Waals surface area contributed by atoms with Crippen LogP contribution in [0.15, 0.2) is 30.6 Å². The highest BCUT2D eigenvalue weighted by molar-refractivity contribution is 6.00. The molecule has 18 heavy (non-hydrogen) atoms. The first kappa shape index (κ1) is 11.3. The van der Waals surface area contributed by atoms with Crippen molar-refractivity contribution in [3.8, 4) is 0 Å². The first-order valence-corrected chi connectivity index (χ1v) is 6.16. The summed E-state index contributed by atoms with van der Waals surface area (Å²) in [6, 6.07) is 5.94. The molecular weight excluding hydrogens is 226 g/mol. The number of nitrogens with two attached hydrogens (primary N) is 1. The number of aromatic nitrogens is 1. The van der Waals surface area contributed by atoms with Crippen molar-refractivity contribution in [2.24, 2.45) is 0 Å². The van der Waals surface area contributed by atoms with Gasteiger partial charge in [0.2, 0.25) is 0 Å². The molecule has 1 aliphatic rings. The van der Waals surface area contributed by atoms with Crippen LogP contribution in [-0.4, -0.2) is 23.7 Å². The molecule has 0 saturated carbocycles. The number of nitrogens with one attached hydrogen (secondary N) is 1. The van der Waals surface area contributed by atoms with Crippen molar-refractivity contribution in [3.05, 3.63) is 30.6 Å². The van der Waals surface area contributed by atoms with Crippen molar-refractivity contribution in [3.63, 3.8) is 0 Å². The van der Waals surface area contributed by atoms with E-state index in [1.165, 1.54) is 0 Å². The average molecular weight is 243 g/mol. The minimum Gasteiger partial charge on any atom is -0.398 e. The van der Waals surface area contributed by atoms with Gasteiger partial charge < -0.3 is 15.8 Å². The van der Waals surface area contributed by atoms with E-state index in [0.29, 0.717) is 0 Å². The Morgan fingerprint density at radius 2 is 2.22 bits per heavy atom. The van der Waals surface area contributed by atoms with Crippen LogP contribution in [0.5, 0.6) is 0 Å². The Morgan fingerprint density at radius 1 is 1.33 bits per heavy atom. The van der Waals surface area contributed by atoms with Crippen molar-refractivity contribution in [1.29, 1.82) is 0 Å². The van der Waals surface area contributed by atoms with Gasteiger partial charge in [-0.15, -0.1) is 0 Å². The summed E-state index contributed by atoms with van der Waals surface area (Å²) < 4.78 is 5.47. The predicted molar refractivity (Wildman–Crippen MR) is 73.6 cm³/mol. The van der Waals surface area contributed by atoms with Crippen LogP contribution in [0.25, 0.3) is 10.8 Å². The van der Waals surface area contributed by atoms with Gasteiger partial charge in [0.15, 0.2) is 0 Å². The van der Waals surface area contributed by atoms with Gasteiger partial charge in [-0.3, -0.25) is 4.98 Å². The highest BCUT2D eigenvalue weighted by Crippen LogP contribution is 2.31. The Labute approximate surface area is 106 Å². The van der Waals surface area contributed by atoms with Gasteiger partial charge in [0, 0.05) is 41.1 Å². The normalized spacial score (nSPS) is 23.4. The molecular formula is C14H17N3O. The zero-order valence-electron chi connectivity index (χ0n) is 10.4. The van der Waals surface area contributed by atoms with Crippen LogP contribution in [0.4, 0.5) is 11.4 Å². The fraction of sp³-hybridized carbons (Fsp3) is 0.357. The molecule has 0 spiro atoms. The van der Waals surface area contributed by atoms with Crippen LogP contribution < -0.4 is 11.1 Å². The van der Waals surface area contributed by atoms with E-state index in [2.05, 4.69) is 17.2 Å². The fourth-order valence-electron chi connectivity index (χ4n) is 2.41. The minimum absolute atomic E-state index is 0.00627. The van der Waals surface area contributed by atoms with Gasteiger partial charge in [-0.25, -0.2) is 0 Å². The summed E-state index contributed by atoms with van der Waals surface area (Å²) >= 11 is 0. The molecule has 0 radical (unpaired) electrons. The lowest BCUT2D eigenvalue weighted by Gasteiger charge is -2.26. The van der Waals surface area contributed by atoms with Gasteiger partial charge in [-0.2, -0.15) is 0 Å². The molecule has 2 heterocycles. The highest BCUT2D eigenvalue weighted by Gasteiger charge is 2.29. The number of ether oxygens (including phenoxy) is 1. The molecule has 1 aromatic heterocycles. The maximum absolute atomic E-state index is 5.97. The molecule has 94 valence electrons. The summed E-state index contributed by atoms with van der Waals surface area (Å²) in [7, 11) is 0. The number of nitrogen functional groups attached to an aromatic ring is 1. The van der Waals surface area contributed by atoms with Crippen LogP contribution in [-0.2, 0) is 4.74 Å². The Balaban J connectivity index is 2.04. The number of rotatable bonds is 2. The van der Waals surface area contributed by atoms with Gasteiger partial charge in [-0.05, 0) is 31.5 Å². The zero-order chi connectivity index (χ0) is 12.6. The van der Waals surface area contributed by atoms with Gasteiger partial charge in [0.25, 0.3) is 0 Å². The van der Waals surface area contributed by atoms with Crippen LogP contribution in [0.1, 0.15) is 13.3 Å². The third-order valence-electron chi connectivity index (χ3n) is 3.51. The molecule has 2 aromatic rings. The molecule has 4 nitrogen and oxygen atoms in total. The van der Waals surface area contributed by atoms with Crippen molar-refractivity contribution in [2.75, 3.05) is 24.3 Å². The molecule has 3 rings (SSSR count). The van der Waals surface area contributed by atoms with Crippen molar-refractivity contribution < 1.29 is 4.74 Å². The lowest BCUT2D eigenvalue weighted by molar-refractivity contribution is 0.185. The number of hydrogen-bond acceptors (Lipinski definition) is 4. The van der Waals surface area contributed by atoms with E-state index in [1.807, 2.05) is 24.4 Å². The molecule has 0 aliphatic carbocycles. The Morgan fingerprint density at radius 3 is 3.00 bits per heavy atom. The summed E-state index contributed by atoms with van der Waals surface area (Å²) in [6.07, 6.45) is 4.62. The first-order chi connectivity index (χ1) is 8.68. The molecule has 3 N–H and O–H groups in total. The summed E-state index contributed by atoms with van der Waals surface area (Å²) in [5.41, 5.74) is 7.83. The number of hydrogen-bond donors (Lipinski definition) is 2. The number of anilines is 2. The molecule has 1 unspecified atom stereocenters. The Hall–Kier alpha value is -1.81. The molecule has 1 aliphatic heterocycles. The van der Waals surface area contributed by atoms with Gasteiger partial charge in [0.1, 0.15) is 0 Å². The first-order valence-electron chi connectivity index (χ1n) is 6.16. The van der Waals surface area contributed by atoms with Gasteiger partial charge in [-0.1, -0.05) is 0 Å². The zero-order valence-corrected chi connectivity index (χ0v) is 10.4. The standard InChI is InChI=1S/C14H17N3O/c1-14(5-7-18-9-14)17-13-3-2-12(15)11-8-16-6-4-10(11)13/h2-4,6,8,17H,5,7,9,15H2,1H3. The number of nitrogens with zero attached hydrogens (tertiary/aromatic N) is 1. The van der Waals surface area contributed by atoms with E-state index in [1.54, 1.807) is 6.20 Å². The maximum Gasteiger partial charge on any atom is 0.0694 e. The van der Waals surface area contributed by atoms with Crippen LogP contribution in [0.3, 0.4) is 0 Å². The third kappa shape index (κ3) is 1.88. The number of fused-ring (bicyclic) bond motifs is 1. The van der Waals surface area contributed by atoms with E-state index in [0.717, 1.165) is 41.8 Å². The third-order valence-corrected chi connectivity index (χ3v) is 3.51. The van der Waals surface area contributed by atoms with E-state index in [-0.39, 0.29) is 5.54 Å². The summed E-state index contributed by atoms with van der Waals surface area (Å²) in [6.45, 7) is 3.74.